The van der Waals surface area contributed by atoms with Gasteiger partial charge in [0.15, 0.2) is 11.6 Å². The minimum atomic E-state index is -3.09. The normalized spacial score (nSPS) is 25.4. The van der Waals surface area contributed by atoms with Crippen molar-refractivity contribution in [3.05, 3.63) is 44.4 Å². The van der Waals surface area contributed by atoms with E-state index in [-0.39, 0.29) is 41.5 Å². The second-order valence-electron chi connectivity index (χ2n) is 7.90. The quantitative estimate of drug-likeness (QED) is 0.751. The molecule has 1 aromatic carbocycles. The van der Waals surface area contributed by atoms with Gasteiger partial charge in [-0.15, -0.1) is 0 Å². The van der Waals surface area contributed by atoms with E-state index in [0.717, 1.165) is 25.0 Å². The number of H-pyrrole nitrogens is 1. The van der Waals surface area contributed by atoms with Gasteiger partial charge in [-0.3, -0.25) is 14.3 Å². The van der Waals surface area contributed by atoms with Crippen molar-refractivity contribution in [2.75, 3.05) is 25.1 Å². The molecule has 3 N–H and O–H groups in total. The third-order valence-electron chi connectivity index (χ3n) is 6.06. The number of fused-ring (bicyclic) bond motifs is 2. The van der Waals surface area contributed by atoms with E-state index in [1.54, 1.807) is 4.90 Å². The van der Waals surface area contributed by atoms with E-state index in [0.29, 0.717) is 5.57 Å². The molecule has 3 aliphatic rings. The molecule has 1 saturated heterocycles. The van der Waals surface area contributed by atoms with Gasteiger partial charge >= 0.3 is 5.69 Å². The van der Waals surface area contributed by atoms with Crippen LogP contribution in [0.4, 0.5) is 18.9 Å². The minimum absolute atomic E-state index is 0.0106. The number of nitrogens with two attached hydrogens (primary N) is 1. The van der Waals surface area contributed by atoms with Crippen LogP contribution in [-0.2, 0) is 0 Å². The number of aromatic amines is 1. The molecule has 10 heteroatoms. The van der Waals surface area contributed by atoms with Crippen molar-refractivity contribution in [1.29, 1.82) is 0 Å². The highest BCUT2D eigenvalue weighted by molar-refractivity contribution is 5.91. The fourth-order valence-corrected chi connectivity index (χ4v) is 4.55. The summed E-state index contributed by atoms with van der Waals surface area (Å²) in [6.45, 7) is 0.168. The smallest absolute Gasteiger partial charge is 0.329 e. The lowest BCUT2D eigenvalue weighted by molar-refractivity contribution is 0.0262. The molecule has 2 aromatic rings. The first-order valence-corrected chi connectivity index (χ1v) is 9.38. The maximum Gasteiger partial charge on any atom is 0.329 e. The van der Waals surface area contributed by atoms with E-state index in [1.165, 1.54) is 11.7 Å². The lowest BCUT2D eigenvalue weighted by Gasteiger charge is -2.26. The Labute approximate surface area is 162 Å². The summed E-state index contributed by atoms with van der Waals surface area (Å²) in [7, 11) is 1.33. The van der Waals surface area contributed by atoms with Crippen LogP contribution in [0.2, 0.25) is 0 Å². The van der Waals surface area contributed by atoms with Gasteiger partial charge in [-0.05, 0) is 30.6 Å². The van der Waals surface area contributed by atoms with E-state index < -0.39 is 34.9 Å². The number of anilines is 1. The predicted molar refractivity (Wildman–Crippen MR) is 100 cm³/mol. The van der Waals surface area contributed by atoms with Gasteiger partial charge in [0.25, 0.3) is 11.5 Å². The molecule has 154 valence electrons. The van der Waals surface area contributed by atoms with Crippen molar-refractivity contribution in [2.24, 2.45) is 11.7 Å². The van der Waals surface area contributed by atoms with Crippen LogP contribution in [0.1, 0.15) is 18.9 Å². The molecule has 5 rings (SSSR count). The van der Waals surface area contributed by atoms with Crippen LogP contribution < -0.4 is 26.6 Å². The highest BCUT2D eigenvalue weighted by Crippen LogP contribution is 2.47. The Morgan fingerprint density at radius 3 is 2.66 bits per heavy atom. The molecular formula is C19H19F3N4O3. The Morgan fingerprint density at radius 2 is 2.03 bits per heavy atom. The number of aromatic nitrogens is 2. The molecule has 7 nitrogen and oxygen atoms in total. The molecule has 1 aliphatic heterocycles. The topological polar surface area (TPSA) is 93.3 Å². The Bertz CT molecular complexity index is 1180. The number of halogens is 3. The molecule has 0 bridgehead atoms. The minimum Gasteiger partial charge on any atom is -0.492 e. The summed E-state index contributed by atoms with van der Waals surface area (Å²) < 4.78 is 49.7. The summed E-state index contributed by atoms with van der Waals surface area (Å²) in [5.41, 5.74) is 5.15. The maximum atomic E-state index is 15.1. The van der Waals surface area contributed by atoms with Gasteiger partial charge in [0.05, 0.1) is 18.5 Å². The number of nitrogens with zero attached hydrogens (tertiary/aromatic N) is 2. The van der Waals surface area contributed by atoms with Crippen molar-refractivity contribution in [3.8, 4) is 5.75 Å². The van der Waals surface area contributed by atoms with E-state index in [4.69, 9.17) is 10.5 Å². The molecule has 29 heavy (non-hydrogen) atoms. The summed E-state index contributed by atoms with van der Waals surface area (Å²) in [4.78, 5) is 28.5. The zero-order chi connectivity index (χ0) is 20.7. The molecule has 2 aliphatic carbocycles. The van der Waals surface area contributed by atoms with Gasteiger partial charge in [-0.1, -0.05) is 0 Å². The standard InChI is InChI=1S/C19H19F3N4O3/c1-29-15-13-10(17(27)24-18(28)26(13)9-2-3-9)4-12(20)14(15)25-6-8-5-19(21,22)16(23)11(8)7-25/h4-5,9,11,16H,2-3,6-7,23H2,1H3,(H,24,27,28). The number of ether oxygens (including phenoxy) is 1. The summed E-state index contributed by atoms with van der Waals surface area (Å²) in [5, 5.41) is 0.0106. The van der Waals surface area contributed by atoms with Gasteiger partial charge in [-0.2, -0.15) is 0 Å². The molecule has 2 fully saturated rings. The first-order valence-electron chi connectivity index (χ1n) is 9.38. The SMILES string of the molecule is COc1c(N2CC3=CC(F)(F)C(N)C3C2)c(F)cc2c(=O)[nH]c(=O)n(C3CC3)c12. The van der Waals surface area contributed by atoms with Crippen molar-refractivity contribution in [3.63, 3.8) is 0 Å². The molecule has 0 spiro atoms. The third-order valence-corrected chi connectivity index (χ3v) is 6.06. The third kappa shape index (κ3) is 2.54. The highest BCUT2D eigenvalue weighted by Gasteiger charge is 2.51. The number of nitrogens with one attached hydrogen (secondary N) is 1. The van der Waals surface area contributed by atoms with E-state index in [2.05, 4.69) is 4.98 Å². The Kier molecular flexibility index (Phi) is 3.71. The van der Waals surface area contributed by atoms with Gasteiger partial charge < -0.3 is 15.4 Å². The van der Waals surface area contributed by atoms with Gasteiger partial charge in [0, 0.05) is 25.0 Å². The van der Waals surface area contributed by atoms with Crippen LogP contribution >= 0.6 is 0 Å². The van der Waals surface area contributed by atoms with Crippen molar-refractivity contribution in [2.45, 2.75) is 30.8 Å². The summed E-state index contributed by atoms with van der Waals surface area (Å²) in [5.74, 6) is -4.36. The van der Waals surface area contributed by atoms with Crippen LogP contribution in [0.3, 0.4) is 0 Å². The van der Waals surface area contributed by atoms with E-state index in [9.17, 15) is 18.4 Å². The van der Waals surface area contributed by atoms with Crippen LogP contribution in [0, 0.1) is 11.7 Å². The monoisotopic (exact) mass is 408 g/mol. The summed E-state index contributed by atoms with van der Waals surface area (Å²) >= 11 is 0. The van der Waals surface area contributed by atoms with Gasteiger partial charge in [-0.25, -0.2) is 18.0 Å². The average molecular weight is 408 g/mol. The molecule has 0 amide bonds. The maximum absolute atomic E-state index is 15.1. The first kappa shape index (κ1) is 18.3. The van der Waals surface area contributed by atoms with Gasteiger partial charge in [0.1, 0.15) is 11.2 Å². The zero-order valence-electron chi connectivity index (χ0n) is 15.5. The van der Waals surface area contributed by atoms with Crippen LogP contribution in [-0.4, -0.2) is 41.7 Å². The lowest BCUT2D eigenvalue weighted by atomic mass is 10.0. The summed E-state index contributed by atoms with van der Waals surface area (Å²) in [6, 6.07) is -0.396. The fourth-order valence-electron chi connectivity index (χ4n) is 4.55. The fraction of sp³-hybridized carbons (Fsp3) is 0.474. The van der Waals surface area contributed by atoms with Crippen LogP contribution in [0.15, 0.2) is 27.3 Å². The Hall–Kier alpha value is -2.75. The number of rotatable bonds is 3. The van der Waals surface area contributed by atoms with Crippen molar-refractivity contribution >= 4 is 16.6 Å². The second-order valence-corrected chi connectivity index (χ2v) is 7.90. The number of methoxy groups -OCH3 is 1. The van der Waals surface area contributed by atoms with Crippen molar-refractivity contribution in [1.82, 2.24) is 9.55 Å². The Morgan fingerprint density at radius 1 is 1.31 bits per heavy atom. The molecule has 0 radical (unpaired) electrons. The number of benzene rings is 1. The lowest BCUT2D eigenvalue weighted by Crippen LogP contribution is -2.43. The second kappa shape index (κ2) is 5.88. The first-order chi connectivity index (χ1) is 13.7. The molecule has 1 saturated carbocycles. The van der Waals surface area contributed by atoms with Crippen molar-refractivity contribution < 1.29 is 17.9 Å². The van der Waals surface area contributed by atoms with Crippen LogP contribution in [0.25, 0.3) is 10.9 Å². The molecule has 2 unspecified atom stereocenters. The van der Waals surface area contributed by atoms with E-state index >= 15 is 4.39 Å². The number of hydrogen-bond donors (Lipinski definition) is 2. The highest BCUT2D eigenvalue weighted by atomic mass is 19.3. The molecule has 1 aromatic heterocycles. The Balaban J connectivity index is 1.72. The largest absolute Gasteiger partial charge is 0.492 e. The van der Waals surface area contributed by atoms with Crippen LogP contribution in [0.5, 0.6) is 5.75 Å². The predicted octanol–water partition coefficient (Wildman–Crippen LogP) is 1.51. The number of alkyl halides is 2. The molecule has 2 atom stereocenters. The molecular weight excluding hydrogens is 389 g/mol. The average Bonchev–Trinajstić information content (AvgIpc) is 3.36. The van der Waals surface area contributed by atoms with E-state index in [1.807, 2.05) is 0 Å². The van der Waals surface area contributed by atoms with Gasteiger partial charge in [0.2, 0.25) is 0 Å². The summed E-state index contributed by atoms with van der Waals surface area (Å²) in [6.07, 6.45) is 2.39. The molecule has 2 heterocycles. The number of hydrogen-bond acceptors (Lipinski definition) is 5. The zero-order valence-corrected chi connectivity index (χ0v) is 15.5.